The lowest BCUT2D eigenvalue weighted by molar-refractivity contribution is 0.0812. The molecule has 0 radical (unpaired) electrons. The number of para-hydroxylation sites is 1. The van der Waals surface area contributed by atoms with E-state index in [2.05, 4.69) is 51.0 Å². The maximum atomic E-state index is 5.49. The molecule has 3 N–H and O–H groups in total. The van der Waals surface area contributed by atoms with E-state index in [1.165, 1.54) is 42.4 Å². The van der Waals surface area contributed by atoms with Crippen molar-refractivity contribution >= 4 is 28.2 Å². The zero-order valence-corrected chi connectivity index (χ0v) is 14.2. The van der Waals surface area contributed by atoms with Crippen molar-refractivity contribution in [2.45, 2.75) is 25.3 Å². The van der Waals surface area contributed by atoms with E-state index in [0.29, 0.717) is 6.04 Å². The Bertz CT molecular complexity index is 687. The summed E-state index contributed by atoms with van der Waals surface area (Å²) in [6.45, 7) is 4.55. The molecule has 2 bridgehead atoms. The Labute approximate surface area is 142 Å². The minimum absolute atomic E-state index is 0.533. The number of rotatable bonds is 4. The fourth-order valence-electron chi connectivity index (χ4n) is 4.00. The summed E-state index contributed by atoms with van der Waals surface area (Å²) in [6.07, 6.45) is 5.72. The molecule has 3 saturated heterocycles. The van der Waals surface area contributed by atoms with Gasteiger partial charge in [-0.1, -0.05) is 18.2 Å². The molecule has 4 heterocycles. The highest BCUT2D eigenvalue weighted by Gasteiger charge is 2.34. The van der Waals surface area contributed by atoms with Crippen LogP contribution in [-0.4, -0.2) is 47.2 Å². The summed E-state index contributed by atoms with van der Waals surface area (Å²) in [7, 11) is 0. The second kappa shape index (κ2) is 6.49. The van der Waals surface area contributed by atoms with Gasteiger partial charge in [-0.15, -0.1) is 0 Å². The molecule has 4 nitrogen and oxygen atoms in total. The molecule has 0 spiro atoms. The van der Waals surface area contributed by atoms with Crippen LogP contribution in [0.25, 0.3) is 10.9 Å². The summed E-state index contributed by atoms with van der Waals surface area (Å²) in [4.78, 5) is 5.88. The molecule has 3 aliphatic heterocycles. The van der Waals surface area contributed by atoms with Gasteiger partial charge in [0.2, 0.25) is 0 Å². The minimum Gasteiger partial charge on any atom is -0.362 e. The van der Waals surface area contributed by atoms with Crippen molar-refractivity contribution in [3.8, 4) is 0 Å². The zero-order chi connectivity index (χ0) is 15.6. The van der Waals surface area contributed by atoms with Gasteiger partial charge >= 0.3 is 0 Å². The summed E-state index contributed by atoms with van der Waals surface area (Å²) in [5.41, 5.74) is 2.55. The molecule has 1 aromatic carbocycles. The van der Waals surface area contributed by atoms with Gasteiger partial charge < -0.3 is 20.5 Å². The zero-order valence-electron chi connectivity index (χ0n) is 13.3. The molecule has 0 saturated carbocycles. The molecule has 5 heteroatoms. The third kappa shape index (κ3) is 3.21. The van der Waals surface area contributed by atoms with E-state index in [9.17, 15) is 0 Å². The van der Waals surface area contributed by atoms with Crippen LogP contribution in [0.2, 0.25) is 0 Å². The highest BCUT2D eigenvalue weighted by molar-refractivity contribution is 7.80. The van der Waals surface area contributed by atoms with E-state index in [4.69, 9.17) is 12.2 Å². The van der Waals surface area contributed by atoms with Crippen LogP contribution in [0.1, 0.15) is 18.4 Å². The van der Waals surface area contributed by atoms with Crippen LogP contribution >= 0.6 is 12.2 Å². The van der Waals surface area contributed by atoms with Crippen molar-refractivity contribution in [2.75, 3.05) is 26.2 Å². The maximum absolute atomic E-state index is 5.49. The first-order chi connectivity index (χ1) is 11.3. The Morgan fingerprint density at radius 2 is 2.09 bits per heavy atom. The van der Waals surface area contributed by atoms with Crippen molar-refractivity contribution < 1.29 is 0 Å². The average molecular weight is 328 g/mol. The van der Waals surface area contributed by atoms with E-state index in [1.807, 2.05) is 0 Å². The number of fused-ring (bicyclic) bond motifs is 4. The van der Waals surface area contributed by atoms with E-state index in [0.717, 1.165) is 30.5 Å². The highest BCUT2D eigenvalue weighted by Crippen LogP contribution is 2.27. The monoisotopic (exact) mass is 328 g/mol. The Balaban J connectivity index is 1.27. The normalized spacial score (nSPS) is 26.3. The van der Waals surface area contributed by atoms with Gasteiger partial charge in [0, 0.05) is 36.2 Å². The smallest absolute Gasteiger partial charge is 0.166 e. The number of benzene rings is 1. The fourth-order valence-corrected chi connectivity index (χ4v) is 4.25. The number of hydrogen-bond acceptors (Lipinski definition) is 2. The lowest BCUT2D eigenvalue weighted by atomic mass is 9.84. The van der Waals surface area contributed by atoms with Gasteiger partial charge in [0.1, 0.15) is 0 Å². The second-order valence-electron chi connectivity index (χ2n) is 6.75. The van der Waals surface area contributed by atoms with Crippen molar-refractivity contribution in [3.63, 3.8) is 0 Å². The van der Waals surface area contributed by atoms with Crippen molar-refractivity contribution in [3.05, 3.63) is 36.0 Å². The molecular weight excluding hydrogens is 304 g/mol. The molecule has 1 atom stereocenters. The number of H-pyrrole nitrogens is 1. The maximum Gasteiger partial charge on any atom is 0.166 e. The first-order valence-corrected chi connectivity index (χ1v) is 9.02. The highest BCUT2D eigenvalue weighted by atomic mass is 32.1. The number of nitrogens with zero attached hydrogens (tertiary/aromatic N) is 1. The van der Waals surface area contributed by atoms with Crippen LogP contribution in [0.5, 0.6) is 0 Å². The standard InChI is InChI=1S/C18H24N4S/c23-18(21-17-12-22-9-6-13(17)7-10-22)19-8-5-14-11-20-16-4-2-1-3-15(14)16/h1-4,11,13,17,20H,5-10,12H2,(H2,19,21,23)/t17-/m0/s1. The van der Waals surface area contributed by atoms with Gasteiger partial charge in [-0.25, -0.2) is 0 Å². The predicted octanol–water partition coefficient (Wildman–Crippen LogP) is 2.27. The Morgan fingerprint density at radius 1 is 1.26 bits per heavy atom. The second-order valence-corrected chi connectivity index (χ2v) is 7.16. The lowest BCUT2D eigenvalue weighted by Gasteiger charge is -2.45. The summed E-state index contributed by atoms with van der Waals surface area (Å²) in [5.74, 6) is 0.799. The van der Waals surface area contributed by atoms with E-state index in [1.54, 1.807) is 0 Å². The quantitative estimate of drug-likeness (QED) is 0.753. The Morgan fingerprint density at radius 3 is 2.87 bits per heavy atom. The van der Waals surface area contributed by atoms with Crippen LogP contribution in [0.15, 0.2) is 30.5 Å². The molecule has 2 aromatic rings. The van der Waals surface area contributed by atoms with E-state index >= 15 is 0 Å². The summed E-state index contributed by atoms with van der Waals surface area (Å²) in [6, 6.07) is 8.97. The number of aromatic nitrogens is 1. The first-order valence-electron chi connectivity index (χ1n) is 8.61. The SMILES string of the molecule is S=C(NCCc1c[nH]c2ccccc12)N[C@H]1CN2CCC1CC2. The molecule has 3 aliphatic rings. The molecule has 122 valence electrons. The van der Waals surface area contributed by atoms with Gasteiger partial charge in [-0.3, -0.25) is 0 Å². The molecule has 5 rings (SSSR count). The number of nitrogens with one attached hydrogen (secondary N) is 3. The molecule has 23 heavy (non-hydrogen) atoms. The largest absolute Gasteiger partial charge is 0.362 e. The van der Waals surface area contributed by atoms with Gasteiger partial charge in [-0.05, 0) is 62.1 Å². The number of aromatic amines is 1. The van der Waals surface area contributed by atoms with Crippen molar-refractivity contribution in [1.82, 2.24) is 20.5 Å². The first kappa shape index (κ1) is 15.0. The Hall–Kier alpha value is -1.59. The van der Waals surface area contributed by atoms with Crippen LogP contribution < -0.4 is 10.6 Å². The van der Waals surface area contributed by atoms with Crippen molar-refractivity contribution in [1.29, 1.82) is 0 Å². The molecular formula is C18H24N4S. The van der Waals surface area contributed by atoms with Crippen LogP contribution in [-0.2, 0) is 6.42 Å². The van der Waals surface area contributed by atoms with Crippen molar-refractivity contribution in [2.24, 2.45) is 5.92 Å². The summed E-state index contributed by atoms with van der Waals surface area (Å²) >= 11 is 5.49. The van der Waals surface area contributed by atoms with Crippen LogP contribution in [0.3, 0.4) is 0 Å². The van der Waals surface area contributed by atoms with Gasteiger partial charge in [0.25, 0.3) is 0 Å². The number of thiocarbonyl (C=S) groups is 1. The summed E-state index contributed by atoms with van der Waals surface area (Å²) < 4.78 is 0. The molecule has 0 unspecified atom stereocenters. The van der Waals surface area contributed by atoms with Crippen LogP contribution in [0, 0.1) is 5.92 Å². The van der Waals surface area contributed by atoms with Crippen LogP contribution in [0.4, 0.5) is 0 Å². The predicted molar refractivity (Wildman–Crippen MR) is 98.7 cm³/mol. The van der Waals surface area contributed by atoms with E-state index < -0.39 is 0 Å². The minimum atomic E-state index is 0.533. The number of hydrogen-bond donors (Lipinski definition) is 3. The molecule has 3 fully saturated rings. The van der Waals surface area contributed by atoms with Gasteiger partial charge in [0.05, 0.1) is 0 Å². The van der Waals surface area contributed by atoms with E-state index in [-0.39, 0.29) is 0 Å². The third-order valence-corrected chi connectivity index (χ3v) is 5.59. The number of piperidine rings is 3. The molecule has 0 aliphatic carbocycles. The fraction of sp³-hybridized carbons (Fsp3) is 0.500. The Kier molecular flexibility index (Phi) is 4.23. The van der Waals surface area contributed by atoms with Gasteiger partial charge in [-0.2, -0.15) is 0 Å². The van der Waals surface area contributed by atoms with Gasteiger partial charge in [0.15, 0.2) is 5.11 Å². The topological polar surface area (TPSA) is 43.1 Å². The molecule has 1 aromatic heterocycles. The third-order valence-electron chi connectivity index (χ3n) is 5.33. The lowest BCUT2D eigenvalue weighted by Crippen LogP contribution is -2.58. The average Bonchev–Trinajstić information content (AvgIpc) is 2.99. The summed E-state index contributed by atoms with van der Waals surface area (Å²) in [5, 5.41) is 9.04. The molecule has 0 amide bonds.